The molecule has 1 fully saturated rings. The third kappa shape index (κ3) is 3.91. The molecule has 0 bridgehead atoms. The summed E-state index contributed by atoms with van der Waals surface area (Å²) in [6, 6.07) is 6.75. The summed E-state index contributed by atoms with van der Waals surface area (Å²) in [4.78, 5) is 14.3. The van der Waals surface area contributed by atoms with E-state index in [2.05, 4.69) is 18.3 Å². The van der Waals surface area contributed by atoms with Crippen molar-refractivity contribution in [2.24, 2.45) is 0 Å². The van der Waals surface area contributed by atoms with Gasteiger partial charge in [-0.05, 0) is 43.0 Å². The molecule has 2 aliphatic rings. The number of rotatable bonds is 3. The molecule has 124 valence electrons. The van der Waals surface area contributed by atoms with Crippen LogP contribution in [0, 0.1) is 5.82 Å². The first-order chi connectivity index (χ1) is 11.1. The highest BCUT2D eigenvalue weighted by atomic mass is 19.1. The first-order valence-electron chi connectivity index (χ1n) is 8.19. The van der Waals surface area contributed by atoms with Crippen LogP contribution in [0.2, 0.25) is 0 Å². The monoisotopic (exact) mass is 318 g/mol. The first kappa shape index (κ1) is 16.0. The SMILES string of the molecule is CC1CC(c2ccc(F)cc2)CN1C(=O)NCC1=CCCOC1. The van der Waals surface area contributed by atoms with E-state index in [-0.39, 0.29) is 23.8 Å². The van der Waals surface area contributed by atoms with Gasteiger partial charge in [0.15, 0.2) is 0 Å². The Bertz CT molecular complexity index is 585. The Labute approximate surface area is 136 Å². The molecule has 4 nitrogen and oxygen atoms in total. The number of nitrogens with zero attached hydrogens (tertiary/aromatic N) is 1. The maximum absolute atomic E-state index is 13.0. The van der Waals surface area contributed by atoms with Gasteiger partial charge in [-0.15, -0.1) is 0 Å². The molecule has 1 N–H and O–H groups in total. The maximum atomic E-state index is 13.0. The van der Waals surface area contributed by atoms with E-state index in [1.165, 1.54) is 12.1 Å². The normalized spacial score (nSPS) is 24.4. The molecule has 2 unspecified atom stereocenters. The lowest BCUT2D eigenvalue weighted by molar-refractivity contribution is 0.148. The third-order valence-electron chi connectivity index (χ3n) is 4.63. The summed E-state index contributed by atoms with van der Waals surface area (Å²) in [5.41, 5.74) is 2.23. The molecule has 0 saturated carbocycles. The van der Waals surface area contributed by atoms with Crippen molar-refractivity contribution in [3.05, 3.63) is 47.3 Å². The second kappa shape index (κ2) is 7.13. The highest BCUT2D eigenvalue weighted by Gasteiger charge is 2.33. The van der Waals surface area contributed by atoms with Crippen LogP contribution in [0.15, 0.2) is 35.9 Å². The van der Waals surface area contributed by atoms with E-state index in [1.54, 1.807) is 0 Å². The summed E-state index contributed by atoms with van der Waals surface area (Å²) < 4.78 is 18.4. The van der Waals surface area contributed by atoms with Gasteiger partial charge in [0.25, 0.3) is 0 Å². The van der Waals surface area contributed by atoms with E-state index in [4.69, 9.17) is 4.74 Å². The van der Waals surface area contributed by atoms with Crippen LogP contribution in [-0.2, 0) is 4.74 Å². The zero-order valence-corrected chi connectivity index (χ0v) is 13.4. The van der Waals surface area contributed by atoms with E-state index >= 15 is 0 Å². The van der Waals surface area contributed by atoms with Gasteiger partial charge >= 0.3 is 6.03 Å². The number of nitrogens with one attached hydrogen (secondary N) is 1. The Hall–Kier alpha value is -1.88. The fraction of sp³-hybridized carbons (Fsp3) is 0.500. The number of halogens is 1. The third-order valence-corrected chi connectivity index (χ3v) is 4.63. The number of benzene rings is 1. The summed E-state index contributed by atoms with van der Waals surface area (Å²) in [7, 11) is 0. The van der Waals surface area contributed by atoms with Gasteiger partial charge in [0, 0.05) is 25.0 Å². The molecule has 3 rings (SSSR count). The highest BCUT2D eigenvalue weighted by molar-refractivity contribution is 5.75. The molecule has 2 heterocycles. The lowest BCUT2D eigenvalue weighted by atomic mass is 9.97. The molecule has 2 aliphatic heterocycles. The lowest BCUT2D eigenvalue weighted by Crippen LogP contribution is -2.42. The van der Waals surface area contributed by atoms with Crippen molar-refractivity contribution in [2.45, 2.75) is 31.7 Å². The van der Waals surface area contributed by atoms with E-state index < -0.39 is 0 Å². The summed E-state index contributed by atoms with van der Waals surface area (Å²) >= 11 is 0. The molecule has 1 aromatic rings. The maximum Gasteiger partial charge on any atom is 0.317 e. The predicted molar refractivity (Wildman–Crippen MR) is 86.8 cm³/mol. The lowest BCUT2D eigenvalue weighted by Gasteiger charge is -2.23. The van der Waals surface area contributed by atoms with Crippen molar-refractivity contribution in [3.63, 3.8) is 0 Å². The number of ether oxygens (including phenoxy) is 1. The molecule has 0 spiro atoms. The fourth-order valence-electron chi connectivity index (χ4n) is 3.31. The summed E-state index contributed by atoms with van der Waals surface area (Å²) in [6.07, 6.45) is 3.96. The Balaban J connectivity index is 1.56. The summed E-state index contributed by atoms with van der Waals surface area (Å²) in [5.74, 6) is 0.0472. The first-order valence-corrected chi connectivity index (χ1v) is 8.19. The van der Waals surface area contributed by atoms with Gasteiger partial charge in [0.1, 0.15) is 5.82 Å². The van der Waals surface area contributed by atoms with Crippen LogP contribution < -0.4 is 5.32 Å². The van der Waals surface area contributed by atoms with Crippen LogP contribution in [0.5, 0.6) is 0 Å². The average Bonchev–Trinajstić information content (AvgIpc) is 2.96. The van der Waals surface area contributed by atoms with E-state index in [9.17, 15) is 9.18 Å². The number of amides is 2. The number of hydrogen-bond acceptors (Lipinski definition) is 2. The van der Waals surface area contributed by atoms with Gasteiger partial charge < -0.3 is 15.0 Å². The van der Waals surface area contributed by atoms with Crippen molar-refractivity contribution in [2.75, 3.05) is 26.3 Å². The number of carbonyl (C=O) groups excluding carboxylic acids is 1. The van der Waals surface area contributed by atoms with Crippen LogP contribution in [0.25, 0.3) is 0 Å². The van der Waals surface area contributed by atoms with Crippen molar-refractivity contribution >= 4 is 6.03 Å². The van der Waals surface area contributed by atoms with Crippen LogP contribution in [-0.4, -0.2) is 43.3 Å². The van der Waals surface area contributed by atoms with Gasteiger partial charge in [-0.25, -0.2) is 9.18 Å². The molecule has 1 saturated heterocycles. The van der Waals surface area contributed by atoms with E-state index in [1.807, 2.05) is 17.0 Å². The molecule has 0 aliphatic carbocycles. The number of urea groups is 1. The van der Waals surface area contributed by atoms with Crippen LogP contribution in [0.4, 0.5) is 9.18 Å². The minimum absolute atomic E-state index is 0.0337. The Morgan fingerprint density at radius 2 is 2.17 bits per heavy atom. The largest absolute Gasteiger partial charge is 0.377 e. The van der Waals surface area contributed by atoms with E-state index in [0.717, 1.165) is 30.6 Å². The minimum Gasteiger partial charge on any atom is -0.377 e. The number of hydrogen-bond donors (Lipinski definition) is 1. The van der Waals surface area contributed by atoms with Gasteiger partial charge in [0.2, 0.25) is 0 Å². The minimum atomic E-state index is -0.225. The van der Waals surface area contributed by atoms with Gasteiger partial charge in [-0.3, -0.25) is 0 Å². The molecule has 23 heavy (non-hydrogen) atoms. The van der Waals surface area contributed by atoms with Gasteiger partial charge in [-0.2, -0.15) is 0 Å². The predicted octanol–water partition coefficient (Wildman–Crippen LogP) is 3.06. The van der Waals surface area contributed by atoms with Crippen molar-refractivity contribution in [1.29, 1.82) is 0 Å². The molecule has 0 radical (unpaired) electrons. The summed E-state index contributed by atoms with van der Waals surface area (Å²) in [5, 5.41) is 2.98. The molecule has 0 aromatic heterocycles. The Kier molecular flexibility index (Phi) is 4.96. The molecule has 2 atom stereocenters. The van der Waals surface area contributed by atoms with Gasteiger partial charge in [-0.1, -0.05) is 18.2 Å². The van der Waals surface area contributed by atoms with Crippen molar-refractivity contribution in [3.8, 4) is 0 Å². The standard InChI is InChI=1S/C18H23FN2O2/c1-13-9-16(15-4-6-17(19)7-5-15)11-21(13)18(22)20-10-14-3-2-8-23-12-14/h3-7,13,16H,2,8-12H2,1H3,(H,20,22). The number of carbonyl (C=O) groups is 1. The molecular formula is C18H23FN2O2. The second-order valence-electron chi connectivity index (χ2n) is 6.35. The van der Waals surface area contributed by atoms with Crippen LogP contribution in [0.1, 0.15) is 31.2 Å². The van der Waals surface area contributed by atoms with Crippen LogP contribution in [0.3, 0.4) is 0 Å². The highest BCUT2D eigenvalue weighted by Crippen LogP contribution is 2.31. The fourth-order valence-corrected chi connectivity index (χ4v) is 3.31. The van der Waals surface area contributed by atoms with Crippen molar-refractivity contribution in [1.82, 2.24) is 10.2 Å². The Morgan fingerprint density at radius 3 is 2.87 bits per heavy atom. The molecule has 1 aromatic carbocycles. The topological polar surface area (TPSA) is 41.6 Å². The molecule has 5 heteroatoms. The average molecular weight is 318 g/mol. The molecular weight excluding hydrogens is 295 g/mol. The quantitative estimate of drug-likeness (QED) is 0.870. The van der Waals surface area contributed by atoms with Crippen LogP contribution >= 0.6 is 0 Å². The second-order valence-corrected chi connectivity index (χ2v) is 6.35. The molecule has 2 amide bonds. The zero-order chi connectivity index (χ0) is 16.2. The number of likely N-dealkylation sites (tertiary alicyclic amines) is 1. The Morgan fingerprint density at radius 1 is 1.39 bits per heavy atom. The van der Waals surface area contributed by atoms with Crippen molar-refractivity contribution < 1.29 is 13.9 Å². The van der Waals surface area contributed by atoms with E-state index in [0.29, 0.717) is 19.7 Å². The smallest absolute Gasteiger partial charge is 0.317 e. The zero-order valence-electron chi connectivity index (χ0n) is 13.4. The van der Waals surface area contributed by atoms with Gasteiger partial charge in [0.05, 0.1) is 13.2 Å². The summed E-state index contributed by atoms with van der Waals surface area (Å²) in [6.45, 7) is 4.65.